The summed E-state index contributed by atoms with van der Waals surface area (Å²) in [6, 6.07) is 36.1. The molecule has 2 fully saturated rings. The number of hydrogen-bond acceptors (Lipinski definition) is 21. The van der Waals surface area contributed by atoms with E-state index in [2.05, 4.69) is 48.8 Å². The summed E-state index contributed by atoms with van der Waals surface area (Å²) in [4.78, 5) is 98.0. The number of benzene rings is 4. The van der Waals surface area contributed by atoms with Crippen LogP contribution in [0.5, 0.6) is 0 Å². The fraction of sp³-hybridized carbons (Fsp3) is 0.621. The summed E-state index contributed by atoms with van der Waals surface area (Å²) in [6.45, 7) is 13.6. The van der Waals surface area contributed by atoms with Crippen molar-refractivity contribution in [2.45, 2.75) is 270 Å². The number of nitrogens with two attached hydrogens (primary N) is 1. The second-order valence-corrected chi connectivity index (χ2v) is 32.2. The van der Waals surface area contributed by atoms with Crippen LogP contribution in [0.3, 0.4) is 0 Å². The highest BCUT2D eigenvalue weighted by Crippen LogP contribution is 2.45. The topological polar surface area (TPSA) is 308 Å². The molecule has 654 valence electrons. The van der Waals surface area contributed by atoms with Crippen molar-refractivity contribution >= 4 is 47.1 Å². The second kappa shape index (κ2) is 54.6. The monoisotopic (exact) mass is 1640 g/mol. The third kappa shape index (κ3) is 32.4. The lowest BCUT2D eigenvalue weighted by atomic mass is 9.75. The first-order chi connectivity index (χ1) is 57.0. The molecule has 8 unspecified atom stereocenters. The molecule has 2 saturated heterocycles. The summed E-state index contributed by atoms with van der Waals surface area (Å²) in [5, 5.41) is 14.6. The van der Waals surface area contributed by atoms with Gasteiger partial charge in [-0.1, -0.05) is 201 Å². The molecule has 0 saturated carbocycles. The zero-order chi connectivity index (χ0) is 85.8. The van der Waals surface area contributed by atoms with Crippen molar-refractivity contribution in [3.05, 3.63) is 156 Å². The summed E-state index contributed by atoms with van der Waals surface area (Å²) >= 11 is 0. The van der Waals surface area contributed by atoms with Crippen molar-refractivity contribution in [1.82, 2.24) is 10.6 Å². The molecule has 2 heterocycles. The smallest absolute Gasteiger partial charge is 0.313 e. The summed E-state index contributed by atoms with van der Waals surface area (Å²) in [6.07, 6.45) is 22.4. The number of carbonyl (C=O) groups is 8. The maximum Gasteiger partial charge on any atom is 0.313 e. The number of methoxy groups -OCH3 is 4. The molecule has 16 atom stereocenters. The number of unbranched alkanes of at least 4 members (excludes halogenated alkanes) is 4. The van der Waals surface area contributed by atoms with Crippen molar-refractivity contribution in [2.24, 2.45) is 46.7 Å². The molecule has 4 aromatic rings. The number of ketones is 3. The van der Waals surface area contributed by atoms with Gasteiger partial charge in [-0.2, -0.15) is 0 Å². The molecule has 23 heteroatoms. The fourth-order valence-electron chi connectivity index (χ4n) is 16.8. The SMILES string of the molecule is CCC(=O)C1(C)C/C=C/C(OC(=O)CCCCCC(CC(=O)CC(=O)OCC2c3ccccc3-c3ccccc32)C(=O)NC)CCC1.CCCC[C@@H]1CC/C=C/CC[C@@H]1CC(=O)OCC1O[C@@H](OC)C(OCc2ccccc2)[C@@H](C)[C@@H]1OC.CNC(=O)C(CCCCN)CC(C)=O.CO[C@@H]1OC(CO)[C@@H](OC)[C@H](C)C1OCc1ccccc1. The normalized spacial score (nSPS) is 25.1. The number of aliphatic hydroxyl groups is 1. The van der Waals surface area contributed by atoms with Crippen LogP contribution in [0.2, 0.25) is 0 Å². The van der Waals surface area contributed by atoms with Crippen LogP contribution < -0.4 is 16.4 Å². The zero-order valence-corrected chi connectivity index (χ0v) is 72.4. The Morgan fingerprint density at radius 2 is 1.11 bits per heavy atom. The summed E-state index contributed by atoms with van der Waals surface area (Å²) in [7, 11) is 9.62. The van der Waals surface area contributed by atoms with E-state index >= 15 is 0 Å². The number of rotatable bonds is 41. The lowest BCUT2D eigenvalue weighted by Crippen LogP contribution is -2.56. The van der Waals surface area contributed by atoms with Gasteiger partial charge < -0.3 is 78.4 Å². The summed E-state index contributed by atoms with van der Waals surface area (Å²) in [5.41, 5.74) is 11.7. The standard InChI is InChI=1S/C39H49NO7.C30H46O6.C16H24O5.C10H20N2O2/c1-4-35(42)39(2)22-12-15-29(16-13-23-39)47-36(43)21-7-5-6-14-27(38(45)40-3)24-28(41)25-37(44)46-26-34-32-19-10-8-17-30(32)31-18-9-11-20-33(31)34;1-5-6-16-24-17-12-7-8-13-18-25(24)19-27(31)34-21-26-28(32-3)22(2)29(30(33-4)36-26)35-20-23-14-10-9-11-15-23;1-11-14(18-2)13(9-17)21-16(19-3)15(11)20-10-12-7-5-4-6-8-12;1-8(13)7-9(10(14)12-2)5-3-4-6-11/h8-12,15,17-20,27,29,34H,4-7,13-14,16,21-26H2,1-3H3,(H,40,45);7-11,14-15,22,24-26,28-30H,5-6,12-13,16-21H2,1-4H3;4-8,11,13-17H,9-10H2,1-3H3;9H,3-7,11H2,1-2H3,(H,12,14)/b15-12+;8-7+;;/t;22-,24+,25+,26?,28-,29?,30+;11-,13?,14-,15?,16+;/m.00./s1. The van der Waals surface area contributed by atoms with E-state index in [4.69, 9.17) is 57.8 Å². The maximum atomic E-state index is 12.9. The fourth-order valence-corrected chi connectivity index (χ4v) is 16.8. The predicted octanol–water partition coefficient (Wildman–Crippen LogP) is 15.2. The average Bonchev–Trinajstić information content (AvgIpc) is 1.61. The van der Waals surface area contributed by atoms with Crippen LogP contribution in [0, 0.1) is 40.9 Å². The van der Waals surface area contributed by atoms with Crippen molar-refractivity contribution in [3.63, 3.8) is 0 Å². The molecule has 0 bridgehead atoms. The number of amides is 2. The van der Waals surface area contributed by atoms with Crippen molar-refractivity contribution in [2.75, 3.05) is 68.9 Å². The molecule has 23 nitrogen and oxygen atoms in total. The van der Waals surface area contributed by atoms with Crippen LogP contribution >= 0.6 is 0 Å². The third-order valence-corrected chi connectivity index (χ3v) is 23.5. The molecule has 9 rings (SSSR count). The van der Waals surface area contributed by atoms with Gasteiger partial charge in [0.1, 0.15) is 67.5 Å². The van der Waals surface area contributed by atoms with Crippen LogP contribution in [0.4, 0.5) is 0 Å². The summed E-state index contributed by atoms with van der Waals surface area (Å²) < 4.78 is 63.5. The number of aliphatic hydroxyl groups excluding tert-OH is 1. The van der Waals surface area contributed by atoms with Crippen LogP contribution in [-0.2, 0) is 104 Å². The quantitative estimate of drug-likeness (QED) is 0.0105. The van der Waals surface area contributed by atoms with Crippen molar-refractivity contribution in [1.29, 1.82) is 0 Å². The first kappa shape index (κ1) is 99.1. The van der Waals surface area contributed by atoms with Gasteiger partial charge in [0.05, 0.1) is 32.0 Å². The first-order valence-corrected chi connectivity index (χ1v) is 43.1. The van der Waals surface area contributed by atoms with Gasteiger partial charge in [-0.3, -0.25) is 33.6 Å². The van der Waals surface area contributed by atoms with Gasteiger partial charge in [0.15, 0.2) is 12.6 Å². The Morgan fingerprint density at radius 3 is 1.64 bits per heavy atom. The molecular formula is C95H139N3O20. The molecule has 2 aliphatic heterocycles. The molecule has 2 amide bonds. The molecule has 3 aliphatic carbocycles. The van der Waals surface area contributed by atoms with Gasteiger partial charge in [-0.25, -0.2) is 0 Å². The predicted molar refractivity (Wildman–Crippen MR) is 454 cm³/mol. The third-order valence-electron chi connectivity index (χ3n) is 23.5. The van der Waals surface area contributed by atoms with Crippen LogP contribution in [0.15, 0.2) is 133 Å². The van der Waals surface area contributed by atoms with Gasteiger partial charge in [0.2, 0.25) is 11.8 Å². The Kier molecular flexibility index (Phi) is 45.8. The van der Waals surface area contributed by atoms with Gasteiger partial charge in [-0.05, 0) is 142 Å². The molecular weight excluding hydrogens is 1500 g/mol. The number of ether oxygens (including phenoxy) is 11. The molecule has 0 spiro atoms. The highest BCUT2D eigenvalue weighted by Gasteiger charge is 2.47. The Morgan fingerprint density at radius 1 is 0.585 bits per heavy atom. The Labute approximate surface area is 702 Å². The van der Waals surface area contributed by atoms with E-state index in [1.54, 1.807) is 35.5 Å². The van der Waals surface area contributed by atoms with E-state index in [0.29, 0.717) is 89.4 Å². The highest BCUT2D eigenvalue weighted by atomic mass is 16.7. The van der Waals surface area contributed by atoms with Crippen molar-refractivity contribution < 1.29 is 95.6 Å². The van der Waals surface area contributed by atoms with Crippen LogP contribution in [0.1, 0.15) is 224 Å². The molecule has 5 N–H and O–H groups in total. The number of nitrogens with one attached hydrogen (secondary N) is 2. The Bertz CT molecular complexity index is 3640. The Balaban J connectivity index is 0.000000267. The van der Waals surface area contributed by atoms with E-state index in [0.717, 1.165) is 91.2 Å². The maximum absolute atomic E-state index is 12.9. The molecule has 5 aliphatic rings. The average molecular weight is 1640 g/mol. The lowest BCUT2D eigenvalue weighted by molar-refractivity contribution is -0.295. The number of allylic oxidation sites excluding steroid dienone is 3. The minimum atomic E-state index is -0.589. The van der Waals surface area contributed by atoms with E-state index in [1.165, 1.54) is 33.2 Å². The number of carbonyl (C=O) groups excluding carboxylic acids is 8. The number of Topliss-reactive ketones (excluding diaryl/α,β-unsaturated/α-hetero) is 3. The minimum Gasteiger partial charge on any atom is -0.464 e. The number of esters is 3. The van der Waals surface area contributed by atoms with Gasteiger partial charge in [0.25, 0.3) is 0 Å². The van der Waals surface area contributed by atoms with Gasteiger partial charge in [-0.15, -0.1) is 0 Å². The zero-order valence-electron chi connectivity index (χ0n) is 72.4. The van der Waals surface area contributed by atoms with E-state index in [-0.39, 0.29) is 140 Å². The highest BCUT2D eigenvalue weighted by molar-refractivity contribution is 5.97. The largest absolute Gasteiger partial charge is 0.464 e. The van der Waals surface area contributed by atoms with E-state index in [1.807, 2.05) is 130 Å². The molecule has 0 aromatic heterocycles. The van der Waals surface area contributed by atoms with Crippen LogP contribution in [-0.4, -0.2) is 176 Å². The van der Waals surface area contributed by atoms with Crippen LogP contribution in [0.25, 0.3) is 11.1 Å². The number of hydrogen-bond donors (Lipinski definition) is 4. The second-order valence-electron chi connectivity index (χ2n) is 32.2. The van der Waals surface area contributed by atoms with Crippen molar-refractivity contribution in [3.8, 4) is 11.1 Å². The van der Waals surface area contributed by atoms with E-state index < -0.39 is 36.7 Å². The van der Waals surface area contributed by atoms with E-state index in [9.17, 15) is 43.5 Å². The van der Waals surface area contributed by atoms with Gasteiger partial charge >= 0.3 is 17.9 Å². The number of fused-ring (bicyclic) bond motifs is 3. The molecule has 118 heavy (non-hydrogen) atoms. The van der Waals surface area contributed by atoms with Gasteiger partial charge in [0, 0.05) is 110 Å². The Hall–Kier alpha value is -7.68. The first-order valence-electron chi connectivity index (χ1n) is 43.1. The lowest BCUT2D eigenvalue weighted by Gasteiger charge is -2.44. The minimum absolute atomic E-state index is 0.00284. The molecule has 0 radical (unpaired) electrons. The summed E-state index contributed by atoms with van der Waals surface area (Å²) in [5.74, 6) is -1.07. The molecule has 4 aromatic carbocycles.